The average molecular weight is 178 g/mol. The molecule has 1 aromatic rings. The van der Waals surface area contributed by atoms with E-state index in [-0.39, 0.29) is 5.78 Å². The van der Waals surface area contributed by atoms with Gasteiger partial charge in [-0.3, -0.25) is 9.78 Å². The first-order chi connectivity index (χ1) is 6.34. The van der Waals surface area contributed by atoms with E-state index in [4.69, 9.17) is 0 Å². The monoisotopic (exact) mass is 178 g/mol. The van der Waals surface area contributed by atoms with Gasteiger partial charge in [-0.05, 0) is 32.1 Å². The van der Waals surface area contributed by atoms with Crippen molar-refractivity contribution in [3.63, 3.8) is 0 Å². The Hall–Kier alpha value is -1.22. The summed E-state index contributed by atoms with van der Waals surface area (Å²) in [7, 11) is 1.89. The van der Waals surface area contributed by atoms with E-state index in [1.807, 2.05) is 7.05 Å². The van der Waals surface area contributed by atoms with E-state index < -0.39 is 0 Å². The molecule has 3 nitrogen and oxygen atoms in total. The third kappa shape index (κ3) is 3.34. The standard InChI is InChI=1S/C10H14N2O/c1-11-6-2-3-10(13)9-4-7-12-8-5-9/h4-5,7-8,11H,2-3,6H2,1H3. The Morgan fingerprint density at radius 3 is 2.77 bits per heavy atom. The summed E-state index contributed by atoms with van der Waals surface area (Å²) in [6.45, 7) is 0.886. The fraction of sp³-hybridized carbons (Fsp3) is 0.400. The number of aromatic nitrogens is 1. The summed E-state index contributed by atoms with van der Waals surface area (Å²) in [6, 6.07) is 3.50. The second-order valence-corrected chi connectivity index (χ2v) is 2.87. The van der Waals surface area contributed by atoms with Crippen LogP contribution in [0.4, 0.5) is 0 Å². The van der Waals surface area contributed by atoms with Gasteiger partial charge in [-0.15, -0.1) is 0 Å². The van der Waals surface area contributed by atoms with Gasteiger partial charge in [0.25, 0.3) is 0 Å². The van der Waals surface area contributed by atoms with E-state index in [0.29, 0.717) is 6.42 Å². The van der Waals surface area contributed by atoms with Gasteiger partial charge in [0.15, 0.2) is 5.78 Å². The van der Waals surface area contributed by atoms with E-state index in [1.165, 1.54) is 0 Å². The van der Waals surface area contributed by atoms with Crippen molar-refractivity contribution in [3.8, 4) is 0 Å². The second kappa shape index (κ2) is 5.43. The van der Waals surface area contributed by atoms with Crippen molar-refractivity contribution in [1.29, 1.82) is 0 Å². The molecule has 0 amide bonds. The molecule has 0 unspecified atom stereocenters. The van der Waals surface area contributed by atoms with E-state index in [1.54, 1.807) is 24.5 Å². The molecule has 1 N–H and O–H groups in total. The lowest BCUT2D eigenvalue weighted by Gasteiger charge is -1.99. The summed E-state index contributed by atoms with van der Waals surface area (Å²) in [5.41, 5.74) is 0.756. The molecule has 0 aliphatic heterocycles. The van der Waals surface area contributed by atoms with Crippen molar-refractivity contribution in [3.05, 3.63) is 30.1 Å². The first-order valence-electron chi connectivity index (χ1n) is 4.42. The Labute approximate surface area is 78.2 Å². The van der Waals surface area contributed by atoms with Gasteiger partial charge in [0.2, 0.25) is 0 Å². The smallest absolute Gasteiger partial charge is 0.163 e. The fourth-order valence-electron chi connectivity index (χ4n) is 1.11. The molecule has 0 radical (unpaired) electrons. The van der Waals surface area contributed by atoms with Crippen molar-refractivity contribution in [2.45, 2.75) is 12.8 Å². The zero-order chi connectivity index (χ0) is 9.52. The molecule has 3 heteroatoms. The van der Waals surface area contributed by atoms with E-state index >= 15 is 0 Å². The van der Waals surface area contributed by atoms with Gasteiger partial charge < -0.3 is 5.32 Å². The van der Waals surface area contributed by atoms with Gasteiger partial charge in [-0.25, -0.2) is 0 Å². The molecule has 0 spiro atoms. The number of hydrogen-bond acceptors (Lipinski definition) is 3. The third-order valence-corrected chi connectivity index (χ3v) is 1.83. The zero-order valence-electron chi connectivity index (χ0n) is 7.79. The van der Waals surface area contributed by atoms with E-state index in [0.717, 1.165) is 18.5 Å². The van der Waals surface area contributed by atoms with Crippen molar-refractivity contribution >= 4 is 5.78 Å². The maximum atomic E-state index is 11.5. The Morgan fingerprint density at radius 1 is 1.46 bits per heavy atom. The van der Waals surface area contributed by atoms with Gasteiger partial charge in [-0.2, -0.15) is 0 Å². The van der Waals surface area contributed by atoms with Gasteiger partial charge >= 0.3 is 0 Å². The van der Waals surface area contributed by atoms with Crippen LogP contribution in [0, 0.1) is 0 Å². The van der Waals surface area contributed by atoms with Gasteiger partial charge in [0.1, 0.15) is 0 Å². The number of nitrogens with zero attached hydrogens (tertiary/aromatic N) is 1. The molecule has 1 heterocycles. The largest absolute Gasteiger partial charge is 0.320 e. The Morgan fingerprint density at radius 2 is 2.15 bits per heavy atom. The molecule has 70 valence electrons. The van der Waals surface area contributed by atoms with Crippen LogP contribution in [0.25, 0.3) is 0 Å². The normalized spacial score (nSPS) is 9.92. The number of rotatable bonds is 5. The Balaban J connectivity index is 2.40. The Kier molecular flexibility index (Phi) is 4.12. The maximum Gasteiger partial charge on any atom is 0.163 e. The van der Waals surface area contributed by atoms with Crippen molar-refractivity contribution in [1.82, 2.24) is 10.3 Å². The van der Waals surface area contributed by atoms with Crippen LogP contribution in [-0.4, -0.2) is 24.4 Å². The van der Waals surface area contributed by atoms with Crippen LogP contribution in [0.2, 0.25) is 0 Å². The highest BCUT2D eigenvalue weighted by atomic mass is 16.1. The molecular weight excluding hydrogens is 164 g/mol. The van der Waals surface area contributed by atoms with Crippen LogP contribution in [0.3, 0.4) is 0 Å². The van der Waals surface area contributed by atoms with Crippen molar-refractivity contribution < 1.29 is 4.79 Å². The lowest BCUT2D eigenvalue weighted by molar-refractivity contribution is 0.0980. The molecule has 0 saturated carbocycles. The summed E-state index contributed by atoms with van der Waals surface area (Å²) >= 11 is 0. The molecule has 0 bridgehead atoms. The van der Waals surface area contributed by atoms with E-state index in [2.05, 4.69) is 10.3 Å². The highest BCUT2D eigenvalue weighted by Gasteiger charge is 2.03. The fourth-order valence-corrected chi connectivity index (χ4v) is 1.11. The van der Waals surface area contributed by atoms with Crippen molar-refractivity contribution in [2.24, 2.45) is 0 Å². The summed E-state index contributed by atoms with van der Waals surface area (Å²) in [6.07, 6.45) is 4.78. The number of ketones is 1. The molecule has 0 aliphatic rings. The van der Waals surface area contributed by atoms with Crippen LogP contribution < -0.4 is 5.32 Å². The molecule has 0 aliphatic carbocycles. The quantitative estimate of drug-likeness (QED) is 0.545. The van der Waals surface area contributed by atoms with Crippen LogP contribution in [0.1, 0.15) is 23.2 Å². The zero-order valence-corrected chi connectivity index (χ0v) is 7.79. The van der Waals surface area contributed by atoms with Crippen molar-refractivity contribution in [2.75, 3.05) is 13.6 Å². The number of nitrogens with one attached hydrogen (secondary N) is 1. The van der Waals surface area contributed by atoms with Crippen LogP contribution in [-0.2, 0) is 0 Å². The molecular formula is C10H14N2O. The highest BCUT2D eigenvalue weighted by Crippen LogP contribution is 2.02. The maximum absolute atomic E-state index is 11.5. The number of carbonyl (C=O) groups is 1. The molecule has 0 fully saturated rings. The predicted octanol–water partition coefficient (Wildman–Crippen LogP) is 1.26. The molecule has 0 aromatic carbocycles. The molecule has 13 heavy (non-hydrogen) atoms. The van der Waals surface area contributed by atoms with Gasteiger partial charge in [0, 0.05) is 24.4 Å². The molecule has 1 rings (SSSR count). The summed E-state index contributed by atoms with van der Waals surface area (Å²) in [5, 5.41) is 3.01. The number of pyridine rings is 1. The SMILES string of the molecule is CNCCCC(=O)c1ccncc1. The topological polar surface area (TPSA) is 42.0 Å². The summed E-state index contributed by atoms with van der Waals surface area (Å²) in [5.74, 6) is 0.192. The molecule has 0 saturated heterocycles. The lowest BCUT2D eigenvalue weighted by Crippen LogP contribution is -2.10. The molecule has 1 aromatic heterocycles. The average Bonchev–Trinajstić information content (AvgIpc) is 2.19. The minimum atomic E-state index is 0.192. The van der Waals surface area contributed by atoms with Gasteiger partial charge in [0.05, 0.1) is 0 Å². The minimum Gasteiger partial charge on any atom is -0.320 e. The Bertz CT molecular complexity index is 259. The number of hydrogen-bond donors (Lipinski definition) is 1. The van der Waals surface area contributed by atoms with Crippen LogP contribution in [0.5, 0.6) is 0 Å². The third-order valence-electron chi connectivity index (χ3n) is 1.83. The number of carbonyl (C=O) groups excluding carboxylic acids is 1. The van der Waals surface area contributed by atoms with E-state index in [9.17, 15) is 4.79 Å². The minimum absolute atomic E-state index is 0.192. The first-order valence-corrected chi connectivity index (χ1v) is 4.42. The van der Waals surface area contributed by atoms with Crippen LogP contribution >= 0.6 is 0 Å². The summed E-state index contributed by atoms with van der Waals surface area (Å²) < 4.78 is 0. The predicted molar refractivity (Wildman–Crippen MR) is 51.7 cm³/mol. The number of Topliss-reactive ketones (excluding diaryl/α,β-unsaturated/α-hetero) is 1. The lowest BCUT2D eigenvalue weighted by atomic mass is 10.1. The highest BCUT2D eigenvalue weighted by molar-refractivity contribution is 5.95. The van der Waals surface area contributed by atoms with Crippen LogP contribution in [0.15, 0.2) is 24.5 Å². The first kappa shape index (κ1) is 9.86. The summed E-state index contributed by atoms with van der Waals surface area (Å²) in [4.78, 5) is 15.3. The second-order valence-electron chi connectivity index (χ2n) is 2.87. The molecule has 0 atom stereocenters. The van der Waals surface area contributed by atoms with Gasteiger partial charge in [-0.1, -0.05) is 0 Å².